The standard InChI is InChI=1S/C45H84N4O3/c1-4-6-8-10-12-14-16-18-20-22-24-26-28-30-32-34-39-49(44(50)43(47)41-52-45(51)42(46)37-36-38-48-3)40-35-33-31-29-27-25-23-21-19-17-15-13-11-9-7-5-2/h12-15,18-21,42-43,48H,4-11,16-17,22-41,46-47H2,1-3H3/b14-12-,15-13-,20-18-,21-19-/t42-,43-/m0/s1. The third-order valence-corrected chi connectivity index (χ3v) is 9.54. The molecule has 7 nitrogen and oxygen atoms in total. The Morgan fingerprint density at radius 2 is 0.962 bits per heavy atom. The van der Waals surface area contributed by atoms with Gasteiger partial charge in [0.05, 0.1) is 0 Å². The van der Waals surface area contributed by atoms with Gasteiger partial charge in [0.1, 0.15) is 18.7 Å². The van der Waals surface area contributed by atoms with Crippen molar-refractivity contribution in [3.05, 3.63) is 48.6 Å². The molecule has 0 bridgehead atoms. The zero-order valence-corrected chi connectivity index (χ0v) is 34.3. The molecule has 0 fully saturated rings. The van der Waals surface area contributed by atoms with Crippen LogP contribution >= 0.6 is 0 Å². The van der Waals surface area contributed by atoms with Crippen LogP contribution in [-0.4, -0.2) is 62.1 Å². The Bertz CT molecular complexity index is 868. The number of nitrogens with zero attached hydrogens (tertiary/aromatic N) is 1. The number of rotatable bonds is 38. The summed E-state index contributed by atoms with van der Waals surface area (Å²) in [5.41, 5.74) is 12.3. The number of amides is 1. The number of hydrogen-bond acceptors (Lipinski definition) is 6. The fourth-order valence-corrected chi connectivity index (χ4v) is 6.12. The number of nitrogens with two attached hydrogens (primary N) is 2. The zero-order valence-electron chi connectivity index (χ0n) is 34.3. The quantitative estimate of drug-likeness (QED) is 0.0332. The molecule has 5 N–H and O–H groups in total. The third kappa shape index (κ3) is 33.6. The van der Waals surface area contributed by atoms with Gasteiger partial charge in [0.15, 0.2) is 0 Å². The number of hydrogen-bond donors (Lipinski definition) is 3. The van der Waals surface area contributed by atoms with Crippen LogP contribution in [0.4, 0.5) is 0 Å². The van der Waals surface area contributed by atoms with E-state index in [2.05, 4.69) is 67.8 Å². The number of ether oxygens (including phenoxy) is 1. The molecule has 52 heavy (non-hydrogen) atoms. The summed E-state index contributed by atoms with van der Waals surface area (Å²) < 4.78 is 5.36. The smallest absolute Gasteiger partial charge is 0.322 e. The van der Waals surface area contributed by atoms with E-state index in [1.807, 2.05) is 11.9 Å². The molecule has 0 aliphatic carbocycles. The first-order valence-electron chi connectivity index (χ1n) is 21.7. The predicted octanol–water partition coefficient (Wildman–Crippen LogP) is 10.6. The minimum atomic E-state index is -0.859. The SMILES string of the molecule is CCCCC/C=C\C/C=C\CCCCCCCCN(CCCCCCCC/C=C\C/C=C\CCCCC)C(=O)[C@@H](N)COC(=O)[C@@H](N)CCCNC. The van der Waals surface area contributed by atoms with Crippen molar-refractivity contribution in [1.29, 1.82) is 0 Å². The van der Waals surface area contributed by atoms with Crippen LogP contribution in [0, 0.1) is 0 Å². The van der Waals surface area contributed by atoms with Gasteiger partial charge in [-0.05, 0) is 103 Å². The highest BCUT2D eigenvalue weighted by atomic mass is 16.5. The van der Waals surface area contributed by atoms with Crippen LogP contribution in [0.15, 0.2) is 48.6 Å². The lowest BCUT2D eigenvalue weighted by Gasteiger charge is -2.26. The molecular weight excluding hydrogens is 645 g/mol. The highest BCUT2D eigenvalue weighted by Gasteiger charge is 2.23. The molecule has 1 amide bonds. The predicted molar refractivity (Wildman–Crippen MR) is 225 cm³/mol. The van der Waals surface area contributed by atoms with Gasteiger partial charge in [-0.15, -0.1) is 0 Å². The van der Waals surface area contributed by atoms with Crippen LogP contribution < -0.4 is 16.8 Å². The molecule has 0 aromatic rings. The van der Waals surface area contributed by atoms with Crippen LogP contribution in [0.1, 0.15) is 181 Å². The zero-order chi connectivity index (χ0) is 38.2. The Kier molecular flexibility index (Phi) is 38.3. The molecule has 0 saturated carbocycles. The Morgan fingerprint density at radius 3 is 1.38 bits per heavy atom. The minimum Gasteiger partial charge on any atom is -0.462 e. The molecule has 0 aliphatic rings. The van der Waals surface area contributed by atoms with E-state index in [1.54, 1.807) is 0 Å². The number of esters is 1. The summed E-state index contributed by atoms with van der Waals surface area (Å²) in [5, 5.41) is 3.05. The lowest BCUT2D eigenvalue weighted by molar-refractivity contribution is -0.147. The fraction of sp³-hybridized carbons (Fsp3) is 0.778. The van der Waals surface area contributed by atoms with Gasteiger partial charge < -0.3 is 26.4 Å². The number of carbonyl (C=O) groups excluding carboxylic acids is 2. The number of carbonyl (C=O) groups is 2. The summed E-state index contributed by atoms with van der Waals surface area (Å²) >= 11 is 0. The second-order valence-corrected chi connectivity index (χ2v) is 14.6. The maximum Gasteiger partial charge on any atom is 0.322 e. The summed E-state index contributed by atoms with van der Waals surface area (Å²) in [4.78, 5) is 27.6. The molecule has 0 rings (SSSR count). The average Bonchev–Trinajstić information content (AvgIpc) is 3.15. The van der Waals surface area contributed by atoms with Crippen molar-refractivity contribution >= 4 is 11.9 Å². The summed E-state index contributed by atoms with van der Waals surface area (Å²) in [7, 11) is 1.87. The largest absolute Gasteiger partial charge is 0.462 e. The van der Waals surface area contributed by atoms with Gasteiger partial charge in [-0.2, -0.15) is 0 Å². The van der Waals surface area contributed by atoms with Crippen LogP contribution in [0.3, 0.4) is 0 Å². The van der Waals surface area contributed by atoms with E-state index in [9.17, 15) is 9.59 Å². The van der Waals surface area contributed by atoms with Crippen molar-refractivity contribution in [2.45, 2.75) is 193 Å². The van der Waals surface area contributed by atoms with Gasteiger partial charge in [0, 0.05) is 13.1 Å². The van der Waals surface area contributed by atoms with E-state index >= 15 is 0 Å². The molecule has 0 saturated heterocycles. The second kappa shape index (κ2) is 40.0. The summed E-state index contributed by atoms with van der Waals surface area (Å²) in [6.07, 6.45) is 48.4. The Labute approximate surface area is 321 Å². The first-order valence-corrected chi connectivity index (χ1v) is 21.7. The van der Waals surface area contributed by atoms with Crippen LogP contribution in [0.2, 0.25) is 0 Å². The Morgan fingerprint density at radius 1 is 0.558 bits per heavy atom. The molecule has 0 heterocycles. The molecule has 0 aromatic carbocycles. The lowest BCUT2D eigenvalue weighted by Crippen LogP contribution is -2.48. The minimum absolute atomic E-state index is 0.123. The Hall–Kier alpha value is -2.22. The number of allylic oxidation sites excluding steroid dienone is 8. The van der Waals surface area contributed by atoms with E-state index in [1.165, 1.54) is 103 Å². The van der Waals surface area contributed by atoms with E-state index in [0.717, 1.165) is 64.3 Å². The molecule has 0 spiro atoms. The lowest BCUT2D eigenvalue weighted by atomic mass is 10.1. The van der Waals surface area contributed by atoms with Crippen molar-refractivity contribution in [2.75, 3.05) is 33.3 Å². The van der Waals surface area contributed by atoms with E-state index in [0.29, 0.717) is 19.5 Å². The molecule has 0 aliphatic heterocycles. The maximum atomic E-state index is 13.4. The van der Waals surface area contributed by atoms with Gasteiger partial charge in [0.2, 0.25) is 5.91 Å². The third-order valence-electron chi connectivity index (χ3n) is 9.54. The van der Waals surface area contributed by atoms with Crippen molar-refractivity contribution in [1.82, 2.24) is 10.2 Å². The summed E-state index contributed by atoms with van der Waals surface area (Å²) in [6.45, 7) is 6.57. The summed E-state index contributed by atoms with van der Waals surface area (Å²) in [6, 6.07) is -1.55. The van der Waals surface area contributed by atoms with Crippen LogP contribution in [0.5, 0.6) is 0 Å². The highest BCUT2D eigenvalue weighted by molar-refractivity contribution is 5.82. The fourth-order valence-electron chi connectivity index (χ4n) is 6.12. The number of nitrogens with one attached hydrogen (secondary N) is 1. The molecule has 0 unspecified atom stereocenters. The first-order chi connectivity index (χ1) is 25.5. The van der Waals surface area contributed by atoms with Gasteiger partial charge in [-0.25, -0.2) is 0 Å². The van der Waals surface area contributed by atoms with Crippen LogP contribution in [-0.2, 0) is 14.3 Å². The normalized spacial score (nSPS) is 13.2. The van der Waals surface area contributed by atoms with Crippen molar-refractivity contribution in [3.63, 3.8) is 0 Å². The van der Waals surface area contributed by atoms with E-state index < -0.39 is 18.1 Å². The van der Waals surface area contributed by atoms with Gasteiger partial charge in [0.25, 0.3) is 0 Å². The van der Waals surface area contributed by atoms with Gasteiger partial charge in [-0.3, -0.25) is 9.59 Å². The van der Waals surface area contributed by atoms with Crippen molar-refractivity contribution in [3.8, 4) is 0 Å². The Balaban J connectivity index is 4.44. The highest BCUT2D eigenvalue weighted by Crippen LogP contribution is 2.12. The topological polar surface area (TPSA) is 111 Å². The molecule has 2 atom stereocenters. The first kappa shape index (κ1) is 49.8. The second-order valence-electron chi connectivity index (χ2n) is 14.6. The molecule has 0 aromatic heterocycles. The van der Waals surface area contributed by atoms with Gasteiger partial charge >= 0.3 is 5.97 Å². The van der Waals surface area contributed by atoms with E-state index in [-0.39, 0.29) is 12.5 Å². The van der Waals surface area contributed by atoms with Crippen molar-refractivity contribution < 1.29 is 14.3 Å². The van der Waals surface area contributed by atoms with Crippen molar-refractivity contribution in [2.24, 2.45) is 11.5 Å². The maximum absolute atomic E-state index is 13.4. The molecule has 7 heteroatoms. The monoisotopic (exact) mass is 729 g/mol. The van der Waals surface area contributed by atoms with Gasteiger partial charge in [-0.1, -0.05) is 140 Å². The molecule has 0 radical (unpaired) electrons. The molecule has 302 valence electrons. The van der Waals surface area contributed by atoms with Crippen LogP contribution in [0.25, 0.3) is 0 Å². The number of unbranched alkanes of at least 4 members (excludes halogenated alkanes) is 18. The van der Waals surface area contributed by atoms with E-state index in [4.69, 9.17) is 16.2 Å². The average molecular weight is 729 g/mol. The summed E-state index contributed by atoms with van der Waals surface area (Å²) in [5.74, 6) is -0.608. The molecular formula is C45H84N4O3.